The van der Waals surface area contributed by atoms with Crippen molar-refractivity contribution in [2.75, 3.05) is 32.8 Å². The van der Waals surface area contributed by atoms with Crippen molar-refractivity contribution < 1.29 is 19.0 Å². The molecule has 0 aromatic rings. The van der Waals surface area contributed by atoms with Crippen molar-refractivity contribution in [3.05, 3.63) is 0 Å². The fourth-order valence-corrected chi connectivity index (χ4v) is 2.61. The summed E-state index contributed by atoms with van der Waals surface area (Å²) in [5.41, 5.74) is -0.441. The van der Waals surface area contributed by atoms with Crippen LogP contribution in [0.25, 0.3) is 0 Å². The van der Waals surface area contributed by atoms with Crippen LogP contribution < -0.4 is 5.32 Å². The van der Waals surface area contributed by atoms with Crippen molar-refractivity contribution in [2.24, 2.45) is 0 Å². The molecule has 1 amide bonds. The Morgan fingerprint density at radius 3 is 2.39 bits per heavy atom. The van der Waals surface area contributed by atoms with E-state index in [0.29, 0.717) is 25.8 Å². The fourth-order valence-electron chi connectivity index (χ4n) is 2.61. The number of rotatable bonds is 7. The first kappa shape index (κ1) is 20.2. The second-order valence-corrected chi connectivity index (χ2v) is 6.84. The van der Waals surface area contributed by atoms with Crippen LogP contribution in [0.3, 0.4) is 0 Å². The quantitative estimate of drug-likeness (QED) is 0.727. The molecule has 0 aromatic carbocycles. The van der Waals surface area contributed by atoms with E-state index in [1.807, 2.05) is 39.5 Å². The van der Waals surface area contributed by atoms with Crippen molar-refractivity contribution >= 4 is 6.09 Å². The molecule has 6 nitrogen and oxygen atoms in total. The molecule has 1 N–H and O–H groups in total. The largest absolute Gasteiger partial charge is 0.444 e. The zero-order chi connectivity index (χ0) is 17.3. The summed E-state index contributed by atoms with van der Waals surface area (Å²) < 4.78 is 16.6. The average molecular weight is 330 g/mol. The first-order chi connectivity index (χ1) is 10.9. The Kier molecular flexibility index (Phi) is 8.87. The van der Waals surface area contributed by atoms with Gasteiger partial charge in [-0.15, -0.1) is 0 Å². The second-order valence-electron chi connectivity index (χ2n) is 6.84. The maximum Gasteiger partial charge on any atom is 0.410 e. The van der Waals surface area contributed by atoms with Crippen LogP contribution in [0.2, 0.25) is 0 Å². The molecule has 0 bridgehead atoms. The van der Waals surface area contributed by atoms with Gasteiger partial charge in [0.1, 0.15) is 5.60 Å². The summed E-state index contributed by atoms with van der Waals surface area (Å²) in [6, 6.07) is 0.380. The highest BCUT2D eigenvalue weighted by Crippen LogP contribution is 2.15. The molecule has 0 aliphatic carbocycles. The maximum absolute atomic E-state index is 12.2. The van der Waals surface area contributed by atoms with Gasteiger partial charge in [-0.25, -0.2) is 4.79 Å². The topological polar surface area (TPSA) is 60.0 Å². The number of nitrogens with one attached hydrogen (secondary N) is 1. The minimum Gasteiger partial charge on any atom is -0.444 e. The highest BCUT2D eigenvalue weighted by Gasteiger charge is 2.25. The van der Waals surface area contributed by atoms with Gasteiger partial charge >= 0.3 is 6.09 Å². The van der Waals surface area contributed by atoms with Crippen LogP contribution in [0.4, 0.5) is 4.79 Å². The van der Waals surface area contributed by atoms with E-state index in [-0.39, 0.29) is 12.4 Å². The van der Waals surface area contributed by atoms with E-state index >= 15 is 0 Å². The van der Waals surface area contributed by atoms with Crippen molar-refractivity contribution in [1.82, 2.24) is 10.2 Å². The fraction of sp³-hybridized carbons (Fsp3) is 0.941. The summed E-state index contributed by atoms with van der Waals surface area (Å²) in [5.74, 6) is 0. The van der Waals surface area contributed by atoms with E-state index in [9.17, 15) is 4.79 Å². The second kappa shape index (κ2) is 10.1. The van der Waals surface area contributed by atoms with Crippen LogP contribution in [0.1, 0.15) is 53.9 Å². The number of hydrogen-bond donors (Lipinski definition) is 1. The number of ether oxygens (including phenoxy) is 3. The number of carbonyl (C=O) groups excluding carboxylic acids is 1. The van der Waals surface area contributed by atoms with Gasteiger partial charge in [0, 0.05) is 38.9 Å². The lowest BCUT2D eigenvalue weighted by Crippen LogP contribution is -2.40. The third kappa shape index (κ3) is 8.53. The van der Waals surface area contributed by atoms with Gasteiger partial charge in [-0.1, -0.05) is 0 Å². The molecule has 1 saturated heterocycles. The van der Waals surface area contributed by atoms with Gasteiger partial charge < -0.3 is 24.4 Å². The Hall–Kier alpha value is -0.850. The number of amides is 1. The lowest BCUT2D eigenvalue weighted by Gasteiger charge is -2.26. The molecule has 23 heavy (non-hydrogen) atoms. The molecule has 1 atom stereocenters. The summed E-state index contributed by atoms with van der Waals surface area (Å²) in [4.78, 5) is 14.0. The van der Waals surface area contributed by atoms with Crippen LogP contribution in [-0.2, 0) is 14.2 Å². The minimum absolute atomic E-state index is 0.199. The van der Waals surface area contributed by atoms with Crippen molar-refractivity contribution in [2.45, 2.75) is 71.8 Å². The van der Waals surface area contributed by atoms with Gasteiger partial charge in [0.15, 0.2) is 6.29 Å². The number of likely N-dealkylation sites (tertiary alicyclic amines) is 1. The summed E-state index contributed by atoms with van der Waals surface area (Å²) in [5, 5.41) is 3.51. The Labute approximate surface area is 140 Å². The monoisotopic (exact) mass is 330 g/mol. The molecule has 1 aliphatic rings. The predicted molar refractivity (Wildman–Crippen MR) is 90.5 cm³/mol. The molecule has 136 valence electrons. The summed E-state index contributed by atoms with van der Waals surface area (Å²) in [6.45, 7) is 13.1. The SMILES string of the molecule is CCOC(CNC1CCCN(C(=O)OC(C)(C)C)CC1)OCC. The number of nitrogens with zero attached hydrogens (tertiary/aromatic N) is 1. The Bertz CT molecular complexity index is 338. The van der Waals surface area contributed by atoms with Crippen LogP contribution in [-0.4, -0.2) is 61.8 Å². The third-order valence-corrected chi connectivity index (χ3v) is 3.66. The molecule has 0 saturated carbocycles. The normalized spacial score (nSPS) is 19.7. The maximum atomic E-state index is 12.2. The van der Waals surface area contributed by atoms with Crippen LogP contribution >= 0.6 is 0 Å². The molecule has 1 rings (SSSR count). The molecule has 0 aromatic heterocycles. The molecule has 1 aliphatic heterocycles. The third-order valence-electron chi connectivity index (χ3n) is 3.66. The Morgan fingerprint density at radius 2 is 1.83 bits per heavy atom. The first-order valence-corrected chi connectivity index (χ1v) is 8.80. The van der Waals surface area contributed by atoms with Crippen molar-refractivity contribution in [3.63, 3.8) is 0 Å². The van der Waals surface area contributed by atoms with E-state index in [1.165, 1.54) is 0 Å². The van der Waals surface area contributed by atoms with E-state index in [1.54, 1.807) is 0 Å². The zero-order valence-electron chi connectivity index (χ0n) is 15.4. The lowest BCUT2D eigenvalue weighted by molar-refractivity contribution is -0.133. The minimum atomic E-state index is -0.441. The van der Waals surface area contributed by atoms with Crippen LogP contribution in [0.15, 0.2) is 0 Å². The van der Waals surface area contributed by atoms with Gasteiger partial charge in [-0.2, -0.15) is 0 Å². The van der Waals surface area contributed by atoms with Crippen molar-refractivity contribution in [1.29, 1.82) is 0 Å². The molecule has 1 unspecified atom stereocenters. The first-order valence-electron chi connectivity index (χ1n) is 8.80. The van der Waals surface area contributed by atoms with E-state index in [2.05, 4.69) is 5.32 Å². The van der Waals surface area contributed by atoms with Gasteiger partial charge in [0.2, 0.25) is 0 Å². The molecule has 1 fully saturated rings. The molecule has 6 heteroatoms. The smallest absolute Gasteiger partial charge is 0.410 e. The molecule has 1 heterocycles. The molecular formula is C17H34N2O4. The molecule has 0 radical (unpaired) electrons. The van der Waals surface area contributed by atoms with Gasteiger partial charge in [0.25, 0.3) is 0 Å². The number of carbonyl (C=O) groups is 1. The van der Waals surface area contributed by atoms with Crippen LogP contribution in [0.5, 0.6) is 0 Å². The summed E-state index contributed by atoms with van der Waals surface area (Å²) in [7, 11) is 0. The van der Waals surface area contributed by atoms with Gasteiger partial charge in [-0.3, -0.25) is 0 Å². The lowest BCUT2D eigenvalue weighted by atomic mass is 10.1. The molecular weight excluding hydrogens is 296 g/mol. The van der Waals surface area contributed by atoms with E-state index in [4.69, 9.17) is 14.2 Å². The average Bonchev–Trinajstić information content (AvgIpc) is 2.69. The van der Waals surface area contributed by atoms with Crippen molar-refractivity contribution in [3.8, 4) is 0 Å². The van der Waals surface area contributed by atoms with Crippen LogP contribution in [0, 0.1) is 0 Å². The summed E-state index contributed by atoms with van der Waals surface area (Å²) >= 11 is 0. The Morgan fingerprint density at radius 1 is 1.17 bits per heavy atom. The standard InChI is InChI=1S/C17H34N2O4/c1-6-21-15(22-7-2)13-18-14-9-8-11-19(12-10-14)16(20)23-17(3,4)5/h14-15,18H,6-13H2,1-5H3. The summed E-state index contributed by atoms with van der Waals surface area (Å²) in [6.07, 6.45) is 2.54. The Balaban J connectivity index is 2.38. The van der Waals surface area contributed by atoms with Gasteiger partial charge in [0.05, 0.1) is 0 Å². The highest BCUT2D eigenvalue weighted by atomic mass is 16.7. The van der Waals surface area contributed by atoms with E-state index in [0.717, 1.165) is 32.4 Å². The zero-order valence-corrected chi connectivity index (χ0v) is 15.4. The predicted octanol–water partition coefficient (Wildman–Crippen LogP) is 2.76. The van der Waals surface area contributed by atoms with Gasteiger partial charge in [-0.05, 0) is 53.9 Å². The highest BCUT2D eigenvalue weighted by molar-refractivity contribution is 5.68. The molecule has 0 spiro atoms. The number of hydrogen-bond acceptors (Lipinski definition) is 5. The van der Waals surface area contributed by atoms with E-state index < -0.39 is 5.60 Å².